The fourth-order valence-corrected chi connectivity index (χ4v) is 2.43. The van der Waals surface area contributed by atoms with E-state index in [2.05, 4.69) is 15.6 Å². The summed E-state index contributed by atoms with van der Waals surface area (Å²) in [5.74, 6) is 0.356. The molecule has 0 aliphatic carbocycles. The lowest BCUT2D eigenvalue weighted by molar-refractivity contribution is -0.132. The van der Waals surface area contributed by atoms with E-state index >= 15 is 0 Å². The minimum atomic E-state index is -4.17. The highest BCUT2D eigenvalue weighted by atomic mass is 19.4. The lowest BCUT2D eigenvalue weighted by Crippen LogP contribution is -2.40. The molecule has 6 heteroatoms. The molecule has 0 aromatic heterocycles. The molecule has 1 atom stereocenters. The van der Waals surface area contributed by atoms with Gasteiger partial charge >= 0.3 is 6.18 Å². The largest absolute Gasteiger partial charge is 0.390 e. The molecule has 124 valence electrons. The van der Waals surface area contributed by atoms with Gasteiger partial charge in [-0.2, -0.15) is 13.2 Å². The van der Waals surface area contributed by atoms with Crippen LogP contribution in [0.3, 0.4) is 0 Å². The van der Waals surface area contributed by atoms with Crippen LogP contribution in [0.15, 0.2) is 47.5 Å². The van der Waals surface area contributed by atoms with Crippen LogP contribution < -0.4 is 10.6 Å². The topological polar surface area (TPSA) is 36.4 Å². The third-order valence-electron chi connectivity index (χ3n) is 3.57. The van der Waals surface area contributed by atoms with E-state index in [1.54, 1.807) is 7.05 Å². The number of nitrogens with zero attached hydrogens (tertiary/aromatic N) is 1. The Morgan fingerprint density at radius 1 is 1.13 bits per heavy atom. The van der Waals surface area contributed by atoms with Gasteiger partial charge in [-0.25, -0.2) is 0 Å². The number of aliphatic imine (C=N–C) groups is 1. The molecule has 2 aromatic carbocycles. The van der Waals surface area contributed by atoms with Crippen molar-refractivity contribution in [2.24, 2.45) is 4.99 Å². The third-order valence-corrected chi connectivity index (χ3v) is 3.57. The number of guanidine groups is 1. The van der Waals surface area contributed by atoms with Gasteiger partial charge in [-0.15, -0.1) is 0 Å². The van der Waals surface area contributed by atoms with Crippen molar-refractivity contribution >= 4 is 16.7 Å². The summed E-state index contributed by atoms with van der Waals surface area (Å²) in [6.07, 6.45) is -5.07. The fraction of sp³-hybridized carbons (Fsp3) is 0.353. The van der Waals surface area contributed by atoms with Gasteiger partial charge in [0, 0.05) is 13.6 Å². The third kappa shape index (κ3) is 4.87. The second-order valence-corrected chi connectivity index (χ2v) is 5.30. The number of benzene rings is 2. The molecular weight excluding hydrogens is 303 g/mol. The summed E-state index contributed by atoms with van der Waals surface area (Å²) in [6.45, 7) is 1.75. The van der Waals surface area contributed by atoms with Gasteiger partial charge in [0.2, 0.25) is 0 Å². The molecule has 0 saturated carbocycles. The molecule has 1 unspecified atom stereocenters. The molecule has 23 heavy (non-hydrogen) atoms. The van der Waals surface area contributed by atoms with Gasteiger partial charge in [-0.1, -0.05) is 42.5 Å². The lowest BCUT2D eigenvalue weighted by Gasteiger charge is -2.20. The average Bonchev–Trinajstić information content (AvgIpc) is 2.52. The smallest absolute Gasteiger partial charge is 0.356 e. The maximum absolute atomic E-state index is 12.2. The summed E-state index contributed by atoms with van der Waals surface area (Å²) in [5, 5.41) is 8.06. The van der Waals surface area contributed by atoms with Crippen molar-refractivity contribution in [1.29, 1.82) is 0 Å². The quantitative estimate of drug-likeness (QED) is 0.659. The van der Waals surface area contributed by atoms with E-state index in [1.807, 2.05) is 49.4 Å². The van der Waals surface area contributed by atoms with Crippen molar-refractivity contribution in [3.05, 3.63) is 48.0 Å². The highest BCUT2D eigenvalue weighted by Crippen LogP contribution is 2.24. The predicted octanol–water partition coefficient (Wildman–Crippen LogP) is 4.02. The summed E-state index contributed by atoms with van der Waals surface area (Å²) < 4.78 is 36.6. The summed E-state index contributed by atoms with van der Waals surface area (Å²) >= 11 is 0. The number of nitrogens with one attached hydrogen (secondary N) is 2. The van der Waals surface area contributed by atoms with Crippen LogP contribution in [-0.2, 0) is 0 Å². The van der Waals surface area contributed by atoms with Crippen LogP contribution >= 0.6 is 0 Å². The van der Waals surface area contributed by atoms with Crippen molar-refractivity contribution in [3.63, 3.8) is 0 Å². The Morgan fingerprint density at radius 3 is 2.52 bits per heavy atom. The van der Waals surface area contributed by atoms with Crippen LogP contribution in [0.2, 0.25) is 0 Å². The summed E-state index contributed by atoms with van der Waals surface area (Å²) in [6, 6.07) is 13.9. The van der Waals surface area contributed by atoms with Crippen LogP contribution in [0.25, 0.3) is 10.8 Å². The first kappa shape index (κ1) is 17.1. The van der Waals surface area contributed by atoms with E-state index in [0.717, 1.165) is 16.3 Å². The summed E-state index contributed by atoms with van der Waals surface area (Å²) in [7, 11) is 1.54. The van der Waals surface area contributed by atoms with Crippen molar-refractivity contribution in [2.75, 3.05) is 13.6 Å². The molecule has 0 saturated heterocycles. The van der Waals surface area contributed by atoms with Crippen LogP contribution in [0, 0.1) is 0 Å². The van der Waals surface area contributed by atoms with Crippen LogP contribution in [0.5, 0.6) is 0 Å². The second-order valence-electron chi connectivity index (χ2n) is 5.30. The van der Waals surface area contributed by atoms with E-state index in [4.69, 9.17) is 0 Å². The minimum absolute atomic E-state index is 0.0850. The van der Waals surface area contributed by atoms with Crippen molar-refractivity contribution < 1.29 is 13.2 Å². The lowest BCUT2D eigenvalue weighted by atomic mass is 10.00. The van der Waals surface area contributed by atoms with E-state index in [-0.39, 0.29) is 12.6 Å². The summed E-state index contributed by atoms with van der Waals surface area (Å²) in [5.41, 5.74) is 1.07. The number of halogens is 3. The Bertz CT molecular complexity index is 675. The van der Waals surface area contributed by atoms with E-state index in [9.17, 15) is 13.2 Å². The number of alkyl halides is 3. The number of rotatable bonds is 4. The molecule has 3 nitrogen and oxygen atoms in total. The molecule has 0 bridgehead atoms. The Hall–Kier alpha value is -2.24. The zero-order valence-electron chi connectivity index (χ0n) is 13.1. The average molecular weight is 323 g/mol. The monoisotopic (exact) mass is 323 g/mol. The molecule has 2 N–H and O–H groups in total. The molecule has 2 aromatic rings. The Kier molecular flexibility index (Phi) is 5.47. The standard InChI is InChI=1S/C17H20F3N3/c1-12(23-16(21-2)22-11-10-17(18,19)20)14-9-5-7-13-6-3-4-8-15(13)14/h3-9,12H,10-11H2,1-2H3,(H2,21,22,23). The summed E-state index contributed by atoms with van der Waals surface area (Å²) in [4.78, 5) is 3.98. The number of fused-ring (bicyclic) bond motifs is 1. The van der Waals surface area contributed by atoms with Gasteiger partial charge in [-0.3, -0.25) is 4.99 Å². The maximum atomic E-state index is 12.2. The van der Waals surface area contributed by atoms with Crippen LogP contribution in [-0.4, -0.2) is 25.7 Å². The first-order valence-corrected chi connectivity index (χ1v) is 7.42. The van der Waals surface area contributed by atoms with Crippen LogP contribution in [0.1, 0.15) is 24.9 Å². The molecule has 0 heterocycles. The first-order chi connectivity index (χ1) is 10.9. The van der Waals surface area contributed by atoms with Gasteiger partial charge in [-0.05, 0) is 23.3 Å². The molecular formula is C17H20F3N3. The molecule has 0 radical (unpaired) electrons. The Balaban J connectivity index is 2.06. The molecule has 0 aliphatic rings. The van der Waals surface area contributed by atoms with Crippen molar-refractivity contribution in [2.45, 2.75) is 25.6 Å². The highest BCUT2D eigenvalue weighted by molar-refractivity contribution is 5.87. The Morgan fingerprint density at radius 2 is 1.83 bits per heavy atom. The van der Waals surface area contributed by atoms with Crippen molar-refractivity contribution in [1.82, 2.24) is 10.6 Å². The zero-order chi connectivity index (χ0) is 16.9. The highest BCUT2D eigenvalue weighted by Gasteiger charge is 2.26. The van der Waals surface area contributed by atoms with E-state index in [1.165, 1.54) is 0 Å². The second kappa shape index (κ2) is 7.35. The van der Waals surface area contributed by atoms with Crippen molar-refractivity contribution in [3.8, 4) is 0 Å². The zero-order valence-corrected chi connectivity index (χ0v) is 13.1. The molecule has 2 rings (SSSR count). The molecule has 0 amide bonds. The molecule has 0 aliphatic heterocycles. The normalized spacial score (nSPS) is 13.9. The van der Waals surface area contributed by atoms with E-state index < -0.39 is 12.6 Å². The van der Waals surface area contributed by atoms with E-state index in [0.29, 0.717) is 5.96 Å². The van der Waals surface area contributed by atoms with Crippen LogP contribution in [0.4, 0.5) is 13.2 Å². The first-order valence-electron chi connectivity index (χ1n) is 7.42. The Labute approximate surface area is 133 Å². The van der Waals surface area contributed by atoms with Gasteiger partial charge in [0.25, 0.3) is 0 Å². The van der Waals surface area contributed by atoms with Gasteiger partial charge < -0.3 is 10.6 Å². The van der Waals surface area contributed by atoms with Gasteiger partial charge in [0.15, 0.2) is 5.96 Å². The fourth-order valence-electron chi connectivity index (χ4n) is 2.43. The number of hydrogen-bond donors (Lipinski definition) is 2. The number of hydrogen-bond acceptors (Lipinski definition) is 1. The minimum Gasteiger partial charge on any atom is -0.356 e. The predicted molar refractivity (Wildman–Crippen MR) is 87.5 cm³/mol. The SMILES string of the molecule is CN=C(NCCC(F)(F)F)NC(C)c1cccc2ccccc12. The van der Waals surface area contributed by atoms with Gasteiger partial charge in [0.05, 0.1) is 12.5 Å². The maximum Gasteiger partial charge on any atom is 0.390 e. The van der Waals surface area contributed by atoms with Gasteiger partial charge in [0.1, 0.15) is 0 Å². The molecule has 0 spiro atoms. The molecule has 0 fully saturated rings.